The van der Waals surface area contributed by atoms with Gasteiger partial charge in [0.25, 0.3) is 0 Å². The van der Waals surface area contributed by atoms with E-state index in [1.165, 1.54) is 0 Å². The summed E-state index contributed by atoms with van der Waals surface area (Å²) < 4.78 is 0. The van der Waals surface area contributed by atoms with E-state index in [0.717, 1.165) is 5.57 Å². The van der Waals surface area contributed by atoms with Gasteiger partial charge in [-0.15, -0.1) is 0 Å². The van der Waals surface area contributed by atoms with Crippen LogP contribution in [0.25, 0.3) is 0 Å². The van der Waals surface area contributed by atoms with E-state index >= 15 is 0 Å². The molecule has 0 unspecified atom stereocenters. The molecule has 3 rings (SSSR count). The Bertz CT molecular complexity index is 711. The lowest BCUT2D eigenvalue weighted by atomic mass is 9.77. The Hall–Kier alpha value is -2.20. The number of nitrogens with zero attached hydrogens (tertiary/aromatic N) is 1. The standard InChI is InChI=1S/C17H17NO3/c1-18(2)9-10-7-8-13-14(15(10)19)17(21)12-6-4-3-5-11(12)16(13)20/h3-6,19H,7-9H2,1-2H3. The normalized spacial score (nSPS) is 18.2. The summed E-state index contributed by atoms with van der Waals surface area (Å²) in [6, 6.07) is 6.81. The molecule has 1 N–H and O–H groups in total. The van der Waals surface area contributed by atoms with Crippen molar-refractivity contribution in [1.82, 2.24) is 4.90 Å². The van der Waals surface area contributed by atoms with E-state index in [9.17, 15) is 14.7 Å². The highest BCUT2D eigenvalue weighted by atomic mass is 16.3. The molecule has 0 aromatic heterocycles. The second kappa shape index (κ2) is 4.97. The SMILES string of the molecule is CN(C)CC1=C(O)C2=C(CC1)C(=O)c1ccccc1C2=O. The van der Waals surface area contributed by atoms with Crippen molar-refractivity contribution in [2.24, 2.45) is 0 Å². The third-order valence-electron chi connectivity index (χ3n) is 3.97. The van der Waals surface area contributed by atoms with Crippen LogP contribution in [0.1, 0.15) is 33.6 Å². The smallest absolute Gasteiger partial charge is 0.197 e. The van der Waals surface area contributed by atoms with E-state index < -0.39 is 0 Å². The van der Waals surface area contributed by atoms with Gasteiger partial charge in [0.2, 0.25) is 0 Å². The zero-order chi connectivity index (χ0) is 15.1. The van der Waals surface area contributed by atoms with E-state index in [1.807, 2.05) is 19.0 Å². The Morgan fingerprint density at radius 1 is 1.05 bits per heavy atom. The van der Waals surface area contributed by atoms with Crippen LogP contribution in [0.15, 0.2) is 46.7 Å². The van der Waals surface area contributed by atoms with Crippen LogP contribution in [-0.4, -0.2) is 42.2 Å². The molecule has 0 saturated heterocycles. The van der Waals surface area contributed by atoms with Gasteiger partial charge in [0.05, 0.1) is 5.57 Å². The van der Waals surface area contributed by atoms with Gasteiger partial charge in [-0.2, -0.15) is 0 Å². The molecule has 0 spiro atoms. The van der Waals surface area contributed by atoms with Crippen molar-refractivity contribution in [2.45, 2.75) is 12.8 Å². The Morgan fingerprint density at radius 3 is 2.29 bits per heavy atom. The molecular formula is C17H17NO3. The van der Waals surface area contributed by atoms with Crippen LogP contribution in [0.3, 0.4) is 0 Å². The Kier molecular flexibility index (Phi) is 3.26. The van der Waals surface area contributed by atoms with E-state index in [4.69, 9.17) is 0 Å². The van der Waals surface area contributed by atoms with Gasteiger partial charge >= 0.3 is 0 Å². The van der Waals surface area contributed by atoms with Crippen molar-refractivity contribution in [3.63, 3.8) is 0 Å². The quantitative estimate of drug-likeness (QED) is 0.906. The van der Waals surface area contributed by atoms with E-state index in [0.29, 0.717) is 36.1 Å². The Labute approximate surface area is 123 Å². The first-order valence-corrected chi connectivity index (χ1v) is 6.98. The molecule has 0 heterocycles. The summed E-state index contributed by atoms with van der Waals surface area (Å²) in [5.41, 5.74) is 2.32. The van der Waals surface area contributed by atoms with E-state index in [-0.39, 0.29) is 22.9 Å². The highest BCUT2D eigenvalue weighted by Gasteiger charge is 2.36. The highest BCUT2D eigenvalue weighted by Crippen LogP contribution is 2.37. The van der Waals surface area contributed by atoms with Crippen LogP contribution >= 0.6 is 0 Å². The summed E-state index contributed by atoms with van der Waals surface area (Å²) in [5.74, 6) is -0.373. The summed E-state index contributed by atoms with van der Waals surface area (Å²) in [6.07, 6.45) is 1.13. The summed E-state index contributed by atoms with van der Waals surface area (Å²) in [7, 11) is 3.82. The number of carbonyl (C=O) groups is 2. The number of hydrogen-bond acceptors (Lipinski definition) is 4. The monoisotopic (exact) mass is 283 g/mol. The van der Waals surface area contributed by atoms with Gasteiger partial charge < -0.3 is 10.0 Å². The number of ketones is 2. The predicted octanol–water partition coefficient (Wildman–Crippen LogP) is 2.53. The maximum atomic E-state index is 12.6. The van der Waals surface area contributed by atoms with E-state index in [2.05, 4.69) is 0 Å². The summed E-state index contributed by atoms with van der Waals surface area (Å²) in [4.78, 5) is 27.1. The van der Waals surface area contributed by atoms with Crippen LogP contribution in [0, 0.1) is 0 Å². The number of likely N-dealkylation sites (N-methyl/N-ethyl adjacent to an activating group) is 1. The second-order valence-corrected chi connectivity index (χ2v) is 5.75. The molecule has 1 aromatic rings. The summed E-state index contributed by atoms with van der Waals surface area (Å²) in [6.45, 7) is 0.589. The minimum atomic E-state index is -0.242. The fourth-order valence-electron chi connectivity index (χ4n) is 3.02. The molecular weight excluding hydrogens is 266 g/mol. The fraction of sp³-hybridized carbons (Fsp3) is 0.294. The molecule has 0 fully saturated rings. The number of benzene rings is 1. The van der Waals surface area contributed by atoms with Crippen LogP contribution < -0.4 is 0 Å². The van der Waals surface area contributed by atoms with Gasteiger partial charge in [-0.25, -0.2) is 0 Å². The van der Waals surface area contributed by atoms with Crippen LogP contribution in [0.2, 0.25) is 0 Å². The summed E-state index contributed by atoms with van der Waals surface area (Å²) in [5, 5.41) is 10.4. The Balaban J connectivity index is 2.13. The molecule has 0 aliphatic heterocycles. The minimum Gasteiger partial charge on any atom is -0.507 e. The average molecular weight is 283 g/mol. The second-order valence-electron chi connectivity index (χ2n) is 5.75. The van der Waals surface area contributed by atoms with Gasteiger partial charge in [0.1, 0.15) is 5.76 Å². The number of Topliss-reactive ketones (excluding diaryl/α,β-unsaturated/α-hetero) is 2. The number of aliphatic hydroxyl groups excluding tert-OH is 1. The van der Waals surface area contributed by atoms with Crippen molar-refractivity contribution in [1.29, 1.82) is 0 Å². The minimum absolute atomic E-state index is 0.00203. The molecule has 0 radical (unpaired) electrons. The third kappa shape index (κ3) is 2.12. The lowest BCUT2D eigenvalue weighted by Crippen LogP contribution is -2.28. The summed E-state index contributed by atoms with van der Waals surface area (Å²) >= 11 is 0. The predicted molar refractivity (Wildman–Crippen MR) is 79.6 cm³/mol. The van der Waals surface area contributed by atoms with Crippen molar-refractivity contribution < 1.29 is 14.7 Å². The van der Waals surface area contributed by atoms with Gasteiger partial charge in [-0.1, -0.05) is 24.3 Å². The molecule has 0 bridgehead atoms. The van der Waals surface area contributed by atoms with Crippen molar-refractivity contribution in [3.05, 3.63) is 57.9 Å². The maximum Gasteiger partial charge on any atom is 0.197 e. The first-order chi connectivity index (χ1) is 10.0. The zero-order valence-corrected chi connectivity index (χ0v) is 12.1. The maximum absolute atomic E-state index is 12.6. The molecule has 4 nitrogen and oxygen atoms in total. The largest absolute Gasteiger partial charge is 0.507 e. The zero-order valence-electron chi connectivity index (χ0n) is 12.1. The number of aliphatic hydroxyl groups is 1. The molecule has 21 heavy (non-hydrogen) atoms. The van der Waals surface area contributed by atoms with Crippen LogP contribution in [0.4, 0.5) is 0 Å². The molecule has 1 aromatic carbocycles. The van der Waals surface area contributed by atoms with Crippen molar-refractivity contribution in [2.75, 3.05) is 20.6 Å². The molecule has 0 saturated carbocycles. The molecule has 2 aliphatic rings. The van der Waals surface area contributed by atoms with E-state index in [1.54, 1.807) is 24.3 Å². The number of fused-ring (bicyclic) bond motifs is 1. The number of rotatable bonds is 2. The first-order valence-electron chi connectivity index (χ1n) is 6.98. The van der Waals surface area contributed by atoms with Crippen molar-refractivity contribution in [3.8, 4) is 0 Å². The van der Waals surface area contributed by atoms with Crippen LogP contribution in [-0.2, 0) is 0 Å². The molecule has 0 amide bonds. The molecule has 108 valence electrons. The lowest BCUT2D eigenvalue weighted by molar-refractivity contribution is 0.0966. The van der Waals surface area contributed by atoms with Gasteiger partial charge in [-0.3, -0.25) is 9.59 Å². The fourth-order valence-corrected chi connectivity index (χ4v) is 3.02. The van der Waals surface area contributed by atoms with Gasteiger partial charge in [-0.05, 0) is 32.5 Å². The average Bonchev–Trinajstić information content (AvgIpc) is 2.46. The highest BCUT2D eigenvalue weighted by molar-refractivity contribution is 6.28. The topological polar surface area (TPSA) is 57.6 Å². The van der Waals surface area contributed by atoms with Gasteiger partial charge in [0, 0.05) is 23.2 Å². The van der Waals surface area contributed by atoms with Crippen LogP contribution in [0.5, 0.6) is 0 Å². The lowest BCUT2D eigenvalue weighted by Gasteiger charge is -2.27. The third-order valence-corrected chi connectivity index (χ3v) is 3.97. The first kappa shape index (κ1) is 13.8. The van der Waals surface area contributed by atoms with Crippen molar-refractivity contribution >= 4 is 11.6 Å². The number of carbonyl (C=O) groups excluding carboxylic acids is 2. The molecule has 4 heteroatoms. The number of allylic oxidation sites excluding steroid dienone is 2. The van der Waals surface area contributed by atoms with Gasteiger partial charge in [0.15, 0.2) is 11.6 Å². The molecule has 0 atom stereocenters. The molecule has 2 aliphatic carbocycles. The Morgan fingerprint density at radius 2 is 1.67 bits per heavy atom. The number of hydrogen-bond donors (Lipinski definition) is 1.